The third-order valence-electron chi connectivity index (χ3n) is 2.85. The van der Waals surface area contributed by atoms with Crippen LogP contribution in [0.4, 0.5) is 0 Å². The van der Waals surface area contributed by atoms with E-state index in [1.807, 2.05) is 26.0 Å². The Morgan fingerprint density at radius 1 is 1.31 bits per heavy atom. The van der Waals surface area contributed by atoms with Crippen molar-refractivity contribution in [3.8, 4) is 5.75 Å². The maximum Gasteiger partial charge on any atom is 0.162 e. The van der Waals surface area contributed by atoms with Gasteiger partial charge in [-0.25, -0.2) is 0 Å². The fraction of sp³-hybridized carbons (Fsp3) is 0.308. The van der Waals surface area contributed by atoms with E-state index >= 15 is 0 Å². The Labute approximate surface area is 94.4 Å². The van der Waals surface area contributed by atoms with E-state index in [1.165, 1.54) is 0 Å². The molecule has 1 heterocycles. The summed E-state index contributed by atoms with van der Waals surface area (Å²) in [6, 6.07) is 3.87. The quantitative estimate of drug-likeness (QED) is 0.786. The lowest BCUT2D eigenvalue weighted by molar-refractivity contribution is 0.101. The number of aromatic amines is 1. The molecule has 1 N–H and O–H groups in total. The van der Waals surface area contributed by atoms with Crippen LogP contribution in [0.15, 0.2) is 12.1 Å². The molecule has 0 aliphatic rings. The molecular weight excluding hydrogens is 202 g/mol. The highest BCUT2D eigenvalue weighted by atomic mass is 16.5. The van der Waals surface area contributed by atoms with E-state index in [2.05, 4.69) is 4.98 Å². The molecule has 0 spiro atoms. The van der Waals surface area contributed by atoms with Crippen molar-refractivity contribution >= 4 is 16.7 Å². The molecular formula is C13H15NO2. The number of carbonyl (C=O) groups excluding carboxylic acids is 1. The Hall–Kier alpha value is -1.77. The minimum atomic E-state index is 0.0800. The Morgan fingerprint density at radius 2 is 2.00 bits per heavy atom. The van der Waals surface area contributed by atoms with Crippen LogP contribution in [-0.2, 0) is 0 Å². The van der Waals surface area contributed by atoms with Gasteiger partial charge in [0, 0.05) is 22.2 Å². The summed E-state index contributed by atoms with van der Waals surface area (Å²) in [4.78, 5) is 14.8. The highest BCUT2D eigenvalue weighted by molar-refractivity contribution is 6.09. The number of H-pyrrole nitrogens is 1. The zero-order valence-electron chi connectivity index (χ0n) is 9.97. The molecule has 0 aliphatic heterocycles. The van der Waals surface area contributed by atoms with Gasteiger partial charge in [-0.05, 0) is 38.5 Å². The topological polar surface area (TPSA) is 42.1 Å². The molecule has 0 radical (unpaired) electrons. The van der Waals surface area contributed by atoms with E-state index in [-0.39, 0.29) is 5.78 Å². The lowest BCUT2D eigenvalue weighted by atomic mass is 10.1. The number of fused-ring (bicyclic) bond motifs is 1. The van der Waals surface area contributed by atoms with Crippen LogP contribution >= 0.6 is 0 Å². The molecule has 3 heteroatoms. The van der Waals surface area contributed by atoms with Crippen molar-refractivity contribution in [1.29, 1.82) is 0 Å². The van der Waals surface area contributed by atoms with Gasteiger partial charge in [-0.15, -0.1) is 0 Å². The molecule has 16 heavy (non-hydrogen) atoms. The Bertz CT molecular complexity index is 567. The van der Waals surface area contributed by atoms with Gasteiger partial charge >= 0.3 is 0 Å². The van der Waals surface area contributed by atoms with Crippen LogP contribution in [0.2, 0.25) is 0 Å². The summed E-state index contributed by atoms with van der Waals surface area (Å²) in [6.45, 7) is 5.51. The standard InChI is InChI=1S/C13H15NO2/c1-7-5-10(16-4)6-11-12(9(3)15)8(2)14-13(7)11/h5-6,14H,1-4H3. The molecule has 0 bridgehead atoms. The first-order valence-corrected chi connectivity index (χ1v) is 5.22. The fourth-order valence-corrected chi connectivity index (χ4v) is 2.14. The van der Waals surface area contributed by atoms with E-state index in [4.69, 9.17) is 4.74 Å². The van der Waals surface area contributed by atoms with E-state index < -0.39 is 0 Å². The molecule has 1 aromatic carbocycles. The highest BCUT2D eigenvalue weighted by Crippen LogP contribution is 2.29. The Kier molecular flexibility index (Phi) is 2.46. The summed E-state index contributed by atoms with van der Waals surface area (Å²) in [5.74, 6) is 0.864. The lowest BCUT2D eigenvalue weighted by Crippen LogP contribution is -1.93. The average molecular weight is 217 g/mol. The van der Waals surface area contributed by atoms with Crippen LogP contribution < -0.4 is 4.74 Å². The molecule has 1 aromatic heterocycles. The maximum absolute atomic E-state index is 11.6. The number of ketones is 1. The van der Waals surface area contributed by atoms with Crippen molar-refractivity contribution in [2.24, 2.45) is 0 Å². The minimum absolute atomic E-state index is 0.0800. The number of hydrogen-bond donors (Lipinski definition) is 1. The van der Waals surface area contributed by atoms with E-state index in [1.54, 1.807) is 14.0 Å². The number of benzene rings is 1. The van der Waals surface area contributed by atoms with Crippen LogP contribution in [0.1, 0.15) is 28.5 Å². The number of Topliss-reactive ketones (excluding diaryl/α,β-unsaturated/α-hetero) is 1. The van der Waals surface area contributed by atoms with Gasteiger partial charge in [0.05, 0.1) is 7.11 Å². The van der Waals surface area contributed by atoms with E-state index in [0.717, 1.165) is 33.5 Å². The second-order valence-electron chi connectivity index (χ2n) is 4.05. The van der Waals surface area contributed by atoms with Crippen molar-refractivity contribution < 1.29 is 9.53 Å². The number of methoxy groups -OCH3 is 1. The zero-order valence-corrected chi connectivity index (χ0v) is 9.97. The second kappa shape index (κ2) is 3.67. The molecule has 0 fully saturated rings. The van der Waals surface area contributed by atoms with Crippen LogP contribution in [0.25, 0.3) is 10.9 Å². The molecule has 84 valence electrons. The zero-order chi connectivity index (χ0) is 11.9. The van der Waals surface area contributed by atoms with Gasteiger partial charge in [0.2, 0.25) is 0 Å². The van der Waals surface area contributed by atoms with E-state index in [9.17, 15) is 4.79 Å². The molecule has 0 saturated carbocycles. The third-order valence-corrected chi connectivity index (χ3v) is 2.85. The molecule has 2 aromatic rings. The highest BCUT2D eigenvalue weighted by Gasteiger charge is 2.14. The van der Waals surface area contributed by atoms with Crippen LogP contribution in [0, 0.1) is 13.8 Å². The number of aromatic nitrogens is 1. The monoisotopic (exact) mass is 217 g/mol. The van der Waals surface area contributed by atoms with Gasteiger partial charge in [-0.3, -0.25) is 4.79 Å². The predicted octanol–water partition coefficient (Wildman–Crippen LogP) is 3.00. The summed E-state index contributed by atoms with van der Waals surface area (Å²) in [6.07, 6.45) is 0. The fourth-order valence-electron chi connectivity index (χ4n) is 2.14. The second-order valence-corrected chi connectivity index (χ2v) is 4.05. The third kappa shape index (κ3) is 1.48. The van der Waals surface area contributed by atoms with Gasteiger partial charge in [0.25, 0.3) is 0 Å². The van der Waals surface area contributed by atoms with Crippen molar-refractivity contribution in [3.63, 3.8) is 0 Å². The summed E-state index contributed by atoms with van der Waals surface area (Å²) in [5, 5.41) is 0.946. The van der Waals surface area contributed by atoms with Crippen molar-refractivity contribution in [2.45, 2.75) is 20.8 Å². The van der Waals surface area contributed by atoms with Crippen LogP contribution in [0.3, 0.4) is 0 Å². The molecule has 0 atom stereocenters. The van der Waals surface area contributed by atoms with Gasteiger partial charge in [-0.2, -0.15) is 0 Å². The van der Waals surface area contributed by atoms with Gasteiger partial charge < -0.3 is 9.72 Å². The maximum atomic E-state index is 11.6. The number of rotatable bonds is 2. The summed E-state index contributed by atoms with van der Waals surface area (Å²) < 4.78 is 5.22. The summed E-state index contributed by atoms with van der Waals surface area (Å²) in [7, 11) is 1.63. The molecule has 0 saturated heterocycles. The molecule has 0 amide bonds. The summed E-state index contributed by atoms with van der Waals surface area (Å²) >= 11 is 0. The lowest BCUT2D eigenvalue weighted by Gasteiger charge is -2.03. The Balaban J connectivity index is 2.86. The molecule has 2 rings (SSSR count). The minimum Gasteiger partial charge on any atom is -0.497 e. The smallest absolute Gasteiger partial charge is 0.162 e. The first-order valence-electron chi connectivity index (χ1n) is 5.22. The van der Waals surface area contributed by atoms with Crippen molar-refractivity contribution in [2.75, 3.05) is 7.11 Å². The number of hydrogen-bond acceptors (Lipinski definition) is 2. The number of aryl methyl sites for hydroxylation is 2. The normalized spacial score (nSPS) is 10.8. The SMILES string of the molecule is COc1cc(C)c2[nH]c(C)c(C(C)=O)c2c1. The first-order chi connectivity index (χ1) is 7.54. The van der Waals surface area contributed by atoms with Crippen LogP contribution in [-0.4, -0.2) is 17.9 Å². The van der Waals surface area contributed by atoms with Gasteiger partial charge in [-0.1, -0.05) is 0 Å². The number of nitrogens with one attached hydrogen (secondary N) is 1. The molecule has 3 nitrogen and oxygen atoms in total. The average Bonchev–Trinajstić information content (AvgIpc) is 2.54. The van der Waals surface area contributed by atoms with Crippen molar-refractivity contribution in [1.82, 2.24) is 4.98 Å². The Morgan fingerprint density at radius 3 is 2.56 bits per heavy atom. The number of carbonyl (C=O) groups is 1. The largest absolute Gasteiger partial charge is 0.497 e. The summed E-state index contributed by atoms with van der Waals surface area (Å²) in [5.41, 5.74) is 3.78. The van der Waals surface area contributed by atoms with Crippen molar-refractivity contribution in [3.05, 3.63) is 29.0 Å². The first kappa shape index (κ1) is 10.7. The molecule has 0 aliphatic carbocycles. The molecule has 0 unspecified atom stereocenters. The van der Waals surface area contributed by atoms with E-state index in [0.29, 0.717) is 0 Å². The number of ether oxygens (including phenoxy) is 1. The van der Waals surface area contributed by atoms with Gasteiger partial charge in [0.15, 0.2) is 5.78 Å². The van der Waals surface area contributed by atoms with Crippen LogP contribution in [0.5, 0.6) is 5.75 Å². The van der Waals surface area contributed by atoms with Gasteiger partial charge in [0.1, 0.15) is 5.75 Å². The predicted molar refractivity (Wildman–Crippen MR) is 64.3 cm³/mol.